The first kappa shape index (κ1) is 13.5. The summed E-state index contributed by atoms with van der Waals surface area (Å²) >= 11 is 0. The van der Waals surface area contributed by atoms with E-state index in [4.69, 9.17) is 9.15 Å². The van der Waals surface area contributed by atoms with Gasteiger partial charge in [-0.2, -0.15) is 0 Å². The maximum atomic E-state index is 5.66. The van der Waals surface area contributed by atoms with Gasteiger partial charge in [0.15, 0.2) is 0 Å². The van der Waals surface area contributed by atoms with E-state index in [0.29, 0.717) is 0 Å². The van der Waals surface area contributed by atoms with Crippen LogP contribution in [0.25, 0.3) is 10.8 Å². The number of benzene rings is 1. The number of fused-ring (bicyclic) bond motifs is 1. The molecule has 0 radical (unpaired) electrons. The molecule has 1 unspecified atom stereocenters. The van der Waals surface area contributed by atoms with Gasteiger partial charge in [-0.25, -0.2) is 4.98 Å². The highest BCUT2D eigenvalue weighted by molar-refractivity contribution is 5.92. The van der Waals surface area contributed by atoms with Crippen molar-refractivity contribution in [1.29, 1.82) is 0 Å². The van der Waals surface area contributed by atoms with Crippen molar-refractivity contribution in [2.45, 2.75) is 19.9 Å². The van der Waals surface area contributed by atoms with E-state index in [2.05, 4.69) is 17.2 Å². The number of aryl methyl sites for hydroxylation is 1. The van der Waals surface area contributed by atoms with Crippen LogP contribution in [-0.4, -0.2) is 12.1 Å². The van der Waals surface area contributed by atoms with E-state index in [-0.39, 0.29) is 6.04 Å². The fourth-order valence-electron chi connectivity index (χ4n) is 2.35. The number of ether oxygens (including phenoxy) is 1. The lowest BCUT2D eigenvalue weighted by molar-refractivity contribution is 0.415. The Balaban J connectivity index is 1.96. The monoisotopic (exact) mass is 282 g/mol. The standard InChI is InChI=1S/C17H18N2O2/c1-11-4-7-16(21-11)12(2)19-17-15-10-14(20-3)6-5-13(15)8-9-18-17/h4-10,12H,1-3H3,(H,18,19). The maximum absolute atomic E-state index is 5.66. The van der Waals surface area contributed by atoms with E-state index in [1.807, 2.05) is 43.3 Å². The number of hydrogen-bond donors (Lipinski definition) is 1. The molecule has 4 nitrogen and oxygen atoms in total. The van der Waals surface area contributed by atoms with Crippen molar-refractivity contribution in [2.75, 3.05) is 12.4 Å². The average molecular weight is 282 g/mol. The van der Waals surface area contributed by atoms with Gasteiger partial charge < -0.3 is 14.5 Å². The van der Waals surface area contributed by atoms with Crippen LogP contribution in [0.4, 0.5) is 5.82 Å². The molecule has 0 saturated heterocycles. The van der Waals surface area contributed by atoms with Crippen LogP contribution < -0.4 is 10.1 Å². The van der Waals surface area contributed by atoms with Gasteiger partial charge in [0.25, 0.3) is 0 Å². The van der Waals surface area contributed by atoms with Gasteiger partial charge in [0.1, 0.15) is 23.1 Å². The van der Waals surface area contributed by atoms with E-state index < -0.39 is 0 Å². The van der Waals surface area contributed by atoms with Crippen molar-refractivity contribution >= 4 is 16.6 Å². The number of anilines is 1. The third-order valence-electron chi connectivity index (χ3n) is 3.51. The quantitative estimate of drug-likeness (QED) is 0.774. The second-order valence-corrected chi connectivity index (χ2v) is 5.06. The Kier molecular flexibility index (Phi) is 3.52. The largest absolute Gasteiger partial charge is 0.497 e. The van der Waals surface area contributed by atoms with Crippen molar-refractivity contribution < 1.29 is 9.15 Å². The molecule has 1 atom stereocenters. The first-order valence-electron chi connectivity index (χ1n) is 6.93. The van der Waals surface area contributed by atoms with Crippen molar-refractivity contribution in [3.63, 3.8) is 0 Å². The molecule has 0 fully saturated rings. The Morgan fingerprint density at radius 1 is 1.19 bits per heavy atom. The van der Waals surface area contributed by atoms with Gasteiger partial charge in [0.05, 0.1) is 13.2 Å². The smallest absolute Gasteiger partial charge is 0.134 e. The van der Waals surface area contributed by atoms with Gasteiger partial charge in [-0.1, -0.05) is 6.07 Å². The summed E-state index contributed by atoms with van der Waals surface area (Å²) in [7, 11) is 1.67. The minimum absolute atomic E-state index is 0.0444. The second kappa shape index (κ2) is 5.48. The highest BCUT2D eigenvalue weighted by atomic mass is 16.5. The molecule has 0 bridgehead atoms. The summed E-state index contributed by atoms with van der Waals surface area (Å²) in [6.07, 6.45) is 1.80. The zero-order valence-corrected chi connectivity index (χ0v) is 12.4. The molecule has 0 aliphatic rings. The predicted molar refractivity (Wildman–Crippen MR) is 83.8 cm³/mol. The summed E-state index contributed by atoms with van der Waals surface area (Å²) in [6.45, 7) is 4.00. The zero-order chi connectivity index (χ0) is 14.8. The van der Waals surface area contributed by atoms with Crippen LogP contribution in [0, 0.1) is 6.92 Å². The fraction of sp³-hybridized carbons (Fsp3) is 0.235. The molecular formula is C17H18N2O2. The molecule has 108 valence electrons. The lowest BCUT2D eigenvalue weighted by Gasteiger charge is -2.14. The van der Waals surface area contributed by atoms with Crippen molar-refractivity contribution in [3.05, 3.63) is 54.1 Å². The number of hydrogen-bond acceptors (Lipinski definition) is 4. The van der Waals surface area contributed by atoms with Crippen LogP contribution in [0.3, 0.4) is 0 Å². The number of pyridine rings is 1. The topological polar surface area (TPSA) is 47.3 Å². The number of furan rings is 1. The van der Waals surface area contributed by atoms with Crippen LogP contribution in [0.5, 0.6) is 5.75 Å². The summed E-state index contributed by atoms with van der Waals surface area (Å²) < 4.78 is 11.0. The number of rotatable bonds is 4. The summed E-state index contributed by atoms with van der Waals surface area (Å²) in [5, 5.41) is 5.56. The van der Waals surface area contributed by atoms with Crippen LogP contribution >= 0.6 is 0 Å². The molecule has 0 amide bonds. The fourth-order valence-corrected chi connectivity index (χ4v) is 2.35. The molecule has 4 heteroatoms. The summed E-state index contributed by atoms with van der Waals surface area (Å²) in [5.41, 5.74) is 0. The maximum Gasteiger partial charge on any atom is 0.134 e. The average Bonchev–Trinajstić information content (AvgIpc) is 2.94. The molecule has 2 aromatic heterocycles. The Labute approximate surface area is 123 Å². The lowest BCUT2D eigenvalue weighted by Crippen LogP contribution is -2.07. The Morgan fingerprint density at radius 2 is 2.05 bits per heavy atom. The molecule has 0 saturated carbocycles. The van der Waals surface area contributed by atoms with E-state index >= 15 is 0 Å². The number of methoxy groups -OCH3 is 1. The minimum atomic E-state index is 0.0444. The van der Waals surface area contributed by atoms with E-state index in [1.54, 1.807) is 13.3 Å². The van der Waals surface area contributed by atoms with Crippen LogP contribution in [0.1, 0.15) is 24.5 Å². The predicted octanol–water partition coefficient (Wildman–Crippen LogP) is 4.32. The first-order chi connectivity index (χ1) is 10.2. The van der Waals surface area contributed by atoms with Crippen LogP contribution in [0.2, 0.25) is 0 Å². The van der Waals surface area contributed by atoms with Gasteiger partial charge in [-0.3, -0.25) is 0 Å². The van der Waals surface area contributed by atoms with E-state index in [9.17, 15) is 0 Å². The van der Waals surface area contributed by atoms with E-state index in [1.165, 1.54) is 0 Å². The number of nitrogens with one attached hydrogen (secondary N) is 1. The van der Waals surface area contributed by atoms with Crippen LogP contribution in [0.15, 0.2) is 47.0 Å². The second-order valence-electron chi connectivity index (χ2n) is 5.06. The Bertz CT molecular complexity index is 764. The molecular weight excluding hydrogens is 264 g/mol. The van der Waals surface area contributed by atoms with Crippen molar-refractivity contribution in [3.8, 4) is 5.75 Å². The van der Waals surface area contributed by atoms with Gasteiger partial charge in [-0.15, -0.1) is 0 Å². The Morgan fingerprint density at radius 3 is 2.76 bits per heavy atom. The number of nitrogens with zero attached hydrogens (tertiary/aromatic N) is 1. The lowest BCUT2D eigenvalue weighted by atomic mass is 10.1. The number of aromatic nitrogens is 1. The molecule has 21 heavy (non-hydrogen) atoms. The molecule has 1 N–H and O–H groups in total. The van der Waals surface area contributed by atoms with Crippen molar-refractivity contribution in [2.24, 2.45) is 0 Å². The highest BCUT2D eigenvalue weighted by Gasteiger charge is 2.12. The van der Waals surface area contributed by atoms with Gasteiger partial charge >= 0.3 is 0 Å². The molecule has 0 spiro atoms. The summed E-state index contributed by atoms with van der Waals surface area (Å²) in [4.78, 5) is 4.45. The summed E-state index contributed by atoms with van der Waals surface area (Å²) in [6, 6.07) is 12.0. The molecule has 0 aliphatic heterocycles. The highest BCUT2D eigenvalue weighted by Crippen LogP contribution is 2.28. The molecule has 0 aliphatic carbocycles. The Hall–Kier alpha value is -2.49. The van der Waals surface area contributed by atoms with E-state index in [0.717, 1.165) is 33.9 Å². The first-order valence-corrected chi connectivity index (χ1v) is 6.93. The van der Waals surface area contributed by atoms with Crippen molar-refractivity contribution in [1.82, 2.24) is 4.98 Å². The zero-order valence-electron chi connectivity index (χ0n) is 12.4. The minimum Gasteiger partial charge on any atom is -0.497 e. The molecule has 2 heterocycles. The molecule has 3 aromatic rings. The third kappa shape index (κ3) is 2.70. The normalized spacial score (nSPS) is 12.3. The van der Waals surface area contributed by atoms with Crippen LogP contribution in [-0.2, 0) is 0 Å². The SMILES string of the molecule is COc1ccc2ccnc(NC(C)c3ccc(C)o3)c2c1. The molecule has 3 rings (SSSR count). The third-order valence-corrected chi connectivity index (χ3v) is 3.51. The van der Waals surface area contributed by atoms with Gasteiger partial charge in [-0.05, 0) is 49.6 Å². The molecule has 1 aromatic carbocycles. The van der Waals surface area contributed by atoms with Gasteiger partial charge in [0, 0.05) is 11.6 Å². The van der Waals surface area contributed by atoms with Gasteiger partial charge in [0.2, 0.25) is 0 Å². The summed E-state index contributed by atoms with van der Waals surface area (Å²) in [5.74, 6) is 3.45.